The van der Waals surface area contributed by atoms with Gasteiger partial charge in [0.1, 0.15) is 0 Å². The van der Waals surface area contributed by atoms with Crippen molar-refractivity contribution in [3.8, 4) is 0 Å². The summed E-state index contributed by atoms with van der Waals surface area (Å²) in [6.45, 7) is 0.628. The minimum Gasteiger partial charge on any atom is -0.733 e. The molecule has 0 unspecified atom stereocenters. The van der Waals surface area contributed by atoms with Gasteiger partial charge in [-0.3, -0.25) is 5.21 Å². The van der Waals surface area contributed by atoms with Crippen molar-refractivity contribution in [2.75, 3.05) is 10.5 Å². The van der Waals surface area contributed by atoms with E-state index in [2.05, 4.69) is 0 Å². The maximum absolute atomic E-state index is 12.9. The second-order valence-corrected chi connectivity index (χ2v) is 4.66. The Morgan fingerprint density at radius 3 is 2.17 bits per heavy atom. The summed E-state index contributed by atoms with van der Waals surface area (Å²) in [5.74, 6) is 0. The van der Waals surface area contributed by atoms with Crippen molar-refractivity contribution in [1.82, 2.24) is 5.32 Å². The first kappa shape index (κ1) is 19.8. The Hall–Kier alpha value is -2.21. The molecule has 0 aliphatic rings. The molecule has 0 atom stereocenters. The predicted octanol–water partition coefficient (Wildman–Crippen LogP) is 3.77. The van der Waals surface area contributed by atoms with Crippen LogP contribution in [-0.2, 0) is 0 Å². The molecule has 3 N–H and O–H groups in total. The summed E-state index contributed by atoms with van der Waals surface area (Å²) in [7, 11) is 0. The molecule has 0 aliphatic heterocycles. The number of amides is 2. The lowest BCUT2D eigenvalue weighted by molar-refractivity contribution is -0.304. The van der Waals surface area contributed by atoms with E-state index in [4.69, 9.17) is 5.21 Å². The minimum atomic E-state index is -5.78. The van der Waals surface area contributed by atoms with Gasteiger partial charge in [0.15, 0.2) is 0 Å². The lowest BCUT2D eigenvalue weighted by Crippen LogP contribution is -2.67. The third-order valence-electron chi connectivity index (χ3n) is 3.15. The zero-order valence-electron chi connectivity index (χ0n) is 12.0. The highest BCUT2D eigenvalue weighted by Crippen LogP contribution is 2.45. The molecule has 0 fully saturated rings. The second-order valence-electron chi connectivity index (χ2n) is 4.66. The number of halogens is 6. The van der Waals surface area contributed by atoms with Crippen LogP contribution in [0.3, 0.4) is 0 Å². The van der Waals surface area contributed by atoms with E-state index in [9.17, 15) is 36.3 Å². The Kier molecular flexibility index (Phi) is 5.56. The fraction of sp³-hybridized carbons (Fsp3) is 0.417. The molecule has 0 radical (unpaired) electrons. The molecule has 0 saturated heterocycles. The average Bonchev–Trinajstić information content (AvgIpc) is 2.42. The highest BCUT2D eigenvalue weighted by Gasteiger charge is 2.70. The van der Waals surface area contributed by atoms with Crippen molar-refractivity contribution in [2.45, 2.75) is 31.2 Å². The van der Waals surface area contributed by atoms with Crippen molar-refractivity contribution < 1.29 is 36.3 Å². The summed E-state index contributed by atoms with van der Waals surface area (Å²) in [4.78, 5) is 11.6. The van der Waals surface area contributed by atoms with Gasteiger partial charge in [-0.05, 0) is 24.6 Å². The van der Waals surface area contributed by atoms with Crippen LogP contribution in [0.5, 0.6) is 0 Å². The first-order valence-electron chi connectivity index (χ1n) is 6.33. The van der Waals surface area contributed by atoms with Crippen LogP contribution in [0.4, 0.5) is 42.5 Å². The third-order valence-corrected chi connectivity index (χ3v) is 3.15. The Labute approximate surface area is 131 Å². The fourth-order valence-electron chi connectivity index (χ4n) is 1.85. The van der Waals surface area contributed by atoms with Gasteiger partial charge < -0.3 is 21.1 Å². The van der Waals surface area contributed by atoms with E-state index in [1.54, 1.807) is 5.32 Å². The zero-order chi connectivity index (χ0) is 18.8. The molecule has 1 rings (SSSR count). The minimum absolute atomic E-state index is 0.297. The third kappa shape index (κ3) is 4.00. The molecule has 0 saturated carbocycles. The molecule has 0 aromatic heterocycles. The van der Waals surface area contributed by atoms with Crippen LogP contribution in [-0.4, -0.2) is 29.1 Å². The molecule has 24 heavy (non-hydrogen) atoms. The number of hydrogen-bond acceptors (Lipinski definition) is 4. The van der Waals surface area contributed by atoms with Crippen LogP contribution in [0.25, 0.3) is 0 Å². The SMILES string of the molecule is CCC(NC(=O)Nc1cccc(N([O-])O)c1)(C(F)(F)F)C(F)(F)F. The quantitative estimate of drug-likeness (QED) is 0.563. The molecule has 0 spiro atoms. The maximum atomic E-state index is 12.9. The summed E-state index contributed by atoms with van der Waals surface area (Å²) in [6, 6.07) is 2.41. The van der Waals surface area contributed by atoms with E-state index in [1.165, 1.54) is 0 Å². The van der Waals surface area contributed by atoms with Gasteiger partial charge in [0.2, 0.25) is 5.54 Å². The number of alkyl halides is 6. The Morgan fingerprint density at radius 1 is 1.21 bits per heavy atom. The summed E-state index contributed by atoms with van der Waals surface area (Å²) in [5, 5.41) is 21.4. The van der Waals surface area contributed by atoms with Crippen molar-refractivity contribution in [1.29, 1.82) is 0 Å². The van der Waals surface area contributed by atoms with Gasteiger partial charge in [0, 0.05) is 5.69 Å². The molecule has 1 aromatic carbocycles. The van der Waals surface area contributed by atoms with E-state index in [0.29, 0.717) is 6.92 Å². The molecule has 2 amide bonds. The molecule has 6 nitrogen and oxygen atoms in total. The van der Waals surface area contributed by atoms with Crippen LogP contribution in [0, 0.1) is 5.21 Å². The number of nitrogens with zero attached hydrogens (tertiary/aromatic N) is 1. The lowest BCUT2D eigenvalue weighted by atomic mass is 9.94. The smallest absolute Gasteiger partial charge is 0.420 e. The van der Waals surface area contributed by atoms with E-state index in [-0.39, 0.29) is 11.4 Å². The molecule has 136 valence electrons. The van der Waals surface area contributed by atoms with Crippen LogP contribution >= 0.6 is 0 Å². The first-order valence-corrected chi connectivity index (χ1v) is 6.33. The number of nitrogens with one attached hydrogen (secondary N) is 2. The first-order chi connectivity index (χ1) is 10.8. The Balaban J connectivity index is 3.04. The summed E-state index contributed by atoms with van der Waals surface area (Å²) in [5.41, 5.74) is -5.11. The normalized spacial score (nSPS) is 12.7. The van der Waals surface area contributed by atoms with Gasteiger partial charge in [0.25, 0.3) is 0 Å². The van der Waals surface area contributed by atoms with Crippen molar-refractivity contribution in [3.05, 3.63) is 29.5 Å². The van der Waals surface area contributed by atoms with Crippen LogP contribution in [0.2, 0.25) is 0 Å². The van der Waals surface area contributed by atoms with Crippen LogP contribution in [0.15, 0.2) is 24.3 Å². The van der Waals surface area contributed by atoms with Crippen molar-refractivity contribution in [3.63, 3.8) is 0 Å². The van der Waals surface area contributed by atoms with Crippen molar-refractivity contribution in [2.24, 2.45) is 0 Å². The van der Waals surface area contributed by atoms with Gasteiger partial charge in [-0.25, -0.2) is 4.79 Å². The second kappa shape index (κ2) is 6.73. The zero-order valence-corrected chi connectivity index (χ0v) is 12.0. The molecular formula is C12H12F6N3O3-. The summed E-state index contributed by atoms with van der Waals surface area (Å²) < 4.78 is 77.4. The van der Waals surface area contributed by atoms with E-state index in [1.807, 2.05) is 0 Å². The number of anilines is 2. The predicted molar refractivity (Wildman–Crippen MR) is 71.4 cm³/mol. The number of carbonyl (C=O) groups excluding carboxylic acids is 1. The van der Waals surface area contributed by atoms with Gasteiger partial charge in [-0.1, -0.05) is 13.0 Å². The van der Waals surface area contributed by atoms with Crippen LogP contribution < -0.4 is 15.9 Å². The standard InChI is InChI=1S/C12H12F6N3O3/c1-2-10(11(13,14)15,12(16,17)18)20-9(22)19-7-4-3-5-8(6-7)21(23)24/h3-6,23H,2H2,1H3,(H2,19,20,22)/q-1. The largest absolute Gasteiger partial charge is 0.733 e. The van der Waals surface area contributed by atoms with Gasteiger partial charge in [-0.15, -0.1) is 0 Å². The lowest BCUT2D eigenvalue weighted by Gasteiger charge is -2.37. The molecule has 12 heteroatoms. The number of rotatable bonds is 4. The number of benzene rings is 1. The van der Waals surface area contributed by atoms with Crippen molar-refractivity contribution >= 4 is 17.4 Å². The fourth-order valence-corrected chi connectivity index (χ4v) is 1.85. The number of hydrogen-bond donors (Lipinski definition) is 3. The topological polar surface area (TPSA) is 87.7 Å². The Bertz CT molecular complexity index is 574. The summed E-state index contributed by atoms with van der Waals surface area (Å²) >= 11 is 0. The highest BCUT2D eigenvalue weighted by molar-refractivity contribution is 5.90. The molecular weight excluding hydrogens is 348 g/mol. The van der Waals surface area contributed by atoms with E-state index < -0.39 is 35.6 Å². The van der Waals surface area contributed by atoms with Gasteiger partial charge in [0.05, 0.1) is 5.69 Å². The van der Waals surface area contributed by atoms with Gasteiger partial charge >= 0.3 is 18.4 Å². The van der Waals surface area contributed by atoms with E-state index in [0.717, 1.165) is 29.6 Å². The number of carbonyl (C=O) groups is 1. The molecule has 0 aliphatic carbocycles. The van der Waals surface area contributed by atoms with E-state index >= 15 is 0 Å². The molecule has 0 bridgehead atoms. The highest BCUT2D eigenvalue weighted by atomic mass is 19.4. The van der Waals surface area contributed by atoms with Gasteiger partial charge in [-0.2, -0.15) is 26.3 Å². The Morgan fingerprint density at radius 2 is 1.75 bits per heavy atom. The molecule has 1 aromatic rings. The van der Waals surface area contributed by atoms with Crippen LogP contribution in [0.1, 0.15) is 13.3 Å². The summed E-state index contributed by atoms with van der Waals surface area (Å²) in [6.07, 6.45) is -13.0. The number of urea groups is 1. The maximum Gasteiger partial charge on any atom is 0.420 e. The average molecular weight is 360 g/mol. The monoisotopic (exact) mass is 360 g/mol. The molecule has 0 heterocycles.